The van der Waals surface area contributed by atoms with Crippen molar-refractivity contribution in [2.45, 2.75) is 44.9 Å². The van der Waals surface area contributed by atoms with E-state index in [0.717, 1.165) is 31.2 Å². The average molecular weight is 386 g/mol. The van der Waals surface area contributed by atoms with E-state index < -0.39 is 0 Å². The van der Waals surface area contributed by atoms with Crippen LogP contribution in [0.1, 0.15) is 55.9 Å². The molecule has 1 unspecified atom stereocenters. The molecule has 0 aliphatic rings. The Hall–Kier alpha value is -1.63. The lowest BCUT2D eigenvalue weighted by Gasteiger charge is -2.16. The van der Waals surface area contributed by atoms with Crippen LogP contribution in [0.25, 0.3) is 0 Å². The molecular formula is C17H21Cl2N3O3. The van der Waals surface area contributed by atoms with Crippen LogP contribution in [0, 0.1) is 0 Å². The molecule has 0 aliphatic carbocycles. The summed E-state index contributed by atoms with van der Waals surface area (Å²) in [5, 5.41) is 19.2. The lowest BCUT2D eigenvalue weighted by Crippen LogP contribution is -2.24. The van der Waals surface area contributed by atoms with E-state index >= 15 is 0 Å². The smallest absolute Gasteiger partial charge is 0.233 e. The summed E-state index contributed by atoms with van der Waals surface area (Å²) in [6.07, 6.45) is 4.66. The number of halogens is 2. The number of hydrogen-bond donors (Lipinski definition) is 1. The summed E-state index contributed by atoms with van der Waals surface area (Å²) in [6.45, 7) is 2.24. The highest BCUT2D eigenvalue weighted by molar-refractivity contribution is 6.42. The van der Waals surface area contributed by atoms with Gasteiger partial charge in [0.25, 0.3) is 0 Å². The van der Waals surface area contributed by atoms with Crippen LogP contribution in [-0.2, 0) is 11.2 Å². The second-order valence-corrected chi connectivity index (χ2v) is 6.69. The fourth-order valence-corrected chi connectivity index (χ4v) is 2.85. The minimum absolute atomic E-state index is 0.127. The maximum atomic E-state index is 10.7. The van der Waals surface area contributed by atoms with Crippen molar-refractivity contribution in [3.8, 4) is 0 Å². The Morgan fingerprint density at radius 3 is 2.76 bits per heavy atom. The lowest BCUT2D eigenvalue weighted by atomic mass is 10.0. The summed E-state index contributed by atoms with van der Waals surface area (Å²) in [5.74, 6) is 0.674. The van der Waals surface area contributed by atoms with Crippen molar-refractivity contribution in [3.05, 3.63) is 45.6 Å². The highest BCUT2D eigenvalue weighted by Crippen LogP contribution is 2.25. The topological polar surface area (TPSA) is 79.5 Å². The summed E-state index contributed by atoms with van der Waals surface area (Å²) >= 11 is 11.9. The number of benzene rings is 1. The molecule has 1 N–H and O–H groups in total. The number of unbranched alkanes of at least 4 members (excludes halogenated alkanes) is 2. The molecule has 1 heterocycles. The molecule has 0 aliphatic heterocycles. The van der Waals surface area contributed by atoms with Crippen molar-refractivity contribution in [2.75, 3.05) is 6.54 Å². The number of carbonyl (C=O) groups is 1. The SMILES string of the molecule is CCCCCC(CN(O)C=O)c1nnc(Cc2ccc(Cl)c(Cl)c2)o1. The largest absolute Gasteiger partial charge is 0.425 e. The number of amides is 1. The third kappa shape index (κ3) is 5.99. The van der Waals surface area contributed by atoms with E-state index in [1.807, 2.05) is 6.07 Å². The first kappa shape index (κ1) is 19.7. The zero-order valence-corrected chi connectivity index (χ0v) is 15.5. The van der Waals surface area contributed by atoms with Crippen molar-refractivity contribution in [1.82, 2.24) is 15.3 Å². The normalized spacial score (nSPS) is 12.2. The van der Waals surface area contributed by atoms with E-state index in [1.165, 1.54) is 0 Å². The molecule has 1 aromatic carbocycles. The number of aromatic nitrogens is 2. The van der Waals surface area contributed by atoms with E-state index in [1.54, 1.807) is 12.1 Å². The Morgan fingerprint density at radius 2 is 2.08 bits per heavy atom. The van der Waals surface area contributed by atoms with Crippen LogP contribution in [0.5, 0.6) is 0 Å². The second-order valence-electron chi connectivity index (χ2n) is 5.88. The number of hydroxylamine groups is 2. The van der Waals surface area contributed by atoms with E-state index in [4.69, 9.17) is 27.6 Å². The van der Waals surface area contributed by atoms with Gasteiger partial charge in [-0.2, -0.15) is 0 Å². The molecule has 136 valence electrons. The van der Waals surface area contributed by atoms with Gasteiger partial charge in [-0.3, -0.25) is 10.0 Å². The summed E-state index contributed by atoms with van der Waals surface area (Å²) in [6, 6.07) is 5.32. The van der Waals surface area contributed by atoms with Crippen LogP contribution in [0.2, 0.25) is 10.0 Å². The van der Waals surface area contributed by atoms with Gasteiger partial charge in [0.15, 0.2) is 0 Å². The van der Waals surface area contributed by atoms with E-state index in [-0.39, 0.29) is 12.5 Å². The molecule has 2 aromatic rings. The van der Waals surface area contributed by atoms with Gasteiger partial charge in [0.1, 0.15) is 0 Å². The molecule has 0 radical (unpaired) electrons. The van der Waals surface area contributed by atoms with Gasteiger partial charge in [0.2, 0.25) is 18.2 Å². The summed E-state index contributed by atoms with van der Waals surface area (Å²) in [5.41, 5.74) is 0.906. The molecule has 1 amide bonds. The average Bonchev–Trinajstić information content (AvgIpc) is 3.05. The maximum absolute atomic E-state index is 10.7. The maximum Gasteiger partial charge on any atom is 0.233 e. The molecule has 25 heavy (non-hydrogen) atoms. The van der Waals surface area contributed by atoms with Gasteiger partial charge in [-0.15, -0.1) is 10.2 Å². The summed E-state index contributed by atoms with van der Waals surface area (Å²) < 4.78 is 5.74. The molecule has 8 heteroatoms. The molecule has 0 saturated carbocycles. The van der Waals surface area contributed by atoms with Crippen LogP contribution < -0.4 is 0 Å². The first-order valence-electron chi connectivity index (χ1n) is 8.20. The van der Waals surface area contributed by atoms with Gasteiger partial charge >= 0.3 is 0 Å². The van der Waals surface area contributed by atoms with Gasteiger partial charge < -0.3 is 4.42 Å². The molecule has 1 aromatic heterocycles. The molecule has 1 atom stereocenters. The third-order valence-corrected chi connectivity index (χ3v) is 4.60. The van der Waals surface area contributed by atoms with Crippen LogP contribution in [0.15, 0.2) is 22.6 Å². The van der Waals surface area contributed by atoms with Crippen LogP contribution in [0.3, 0.4) is 0 Å². The van der Waals surface area contributed by atoms with Crippen molar-refractivity contribution in [1.29, 1.82) is 0 Å². The zero-order valence-electron chi connectivity index (χ0n) is 14.0. The molecular weight excluding hydrogens is 365 g/mol. The summed E-state index contributed by atoms with van der Waals surface area (Å²) in [4.78, 5) is 10.7. The Labute approximate surface area is 156 Å². The molecule has 0 bridgehead atoms. The fraction of sp³-hybridized carbons (Fsp3) is 0.471. The predicted octanol–water partition coefficient (Wildman–Crippen LogP) is 4.48. The minimum Gasteiger partial charge on any atom is -0.425 e. The molecule has 0 saturated heterocycles. The highest BCUT2D eigenvalue weighted by Gasteiger charge is 2.21. The molecule has 6 nitrogen and oxygen atoms in total. The number of hydrogen-bond acceptors (Lipinski definition) is 5. The lowest BCUT2D eigenvalue weighted by molar-refractivity contribution is -0.151. The van der Waals surface area contributed by atoms with Gasteiger partial charge in [-0.05, 0) is 24.1 Å². The zero-order chi connectivity index (χ0) is 18.2. The number of rotatable bonds is 10. The monoisotopic (exact) mass is 385 g/mol. The van der Waals surface area contributed by atoms with Crippen molar-refractivity contribution in [2.24, 2.45) is 0 Å². The van der Waals surface area contributed by atoms with Gasteiger partial charge in [0, 0.05) is 0 Å². The number of carbonyl (C=O) groups excluding carboxylic acids is 1. The Balaban J connectivity index is 2.08. The van der Waals surface area contributed by atoms with E-state index in [9.17, 15) is 10.0 Å². The van der Waals surface area contributed by atoms with Gasteiger partial charge in [-0.1, -0.05) is 55.5 Å². The standard InChI is InChI=1S/C17H21Cl2N3O3/c1-2-3-4-5-13(10-22(24)11-23)17-21-20-16(25-17)9-12-6-7-14(18)15(19)8-12/h6-8,11,13,24H,2-5,9-10H2,1H3. The second kappa shape index (κ2) is 9.75. The highest BCUT2D eigenvalue weighted by atomic mass is 35.5. The van der Waals surface area contributed by atoms with Crippen LogP contribution >= 0.6 is 23.2 Å². The van der Waals surface area contributed by atoms with Crippen molar-refractivity contribution >= 4 is 29.6 Å². The minimum atomic E-state index is -0.197. The van der Waals surface area contributed by atoms with Gasteiger partial charge in [-0.25, -0.2) is 5.06 Å². The predicted molar refractivity (Wildman–Crippen MR) is 95.0 cm³/mol. The van der Waals surface area contributed by atoms with Crippen LogP contribution in [-0.4, -0.2) is 33.4 Å². The van der Waals surface area contributed by atoms with Crippen molar-refractivity contribution < 1.29 is 14.4 Å². The summed E-state index contributed by atoms with van der Waals surface area (Å²) in [7, 11) is 0. The Bertz CT molecular complexity index is 694. The van der Waals surface area contributed by atoms with E-state index in [0.29, 0.717) is 39.7 Å². The van der Waals surface area contributed by atoms with E-state index in [2.05, 4.69) is 17.1 Å². The molecule has 0 fully saturated rings. The third-order valence-electron chi connectivity index (χ3n) is 3.86. The van der Waals surface area contributed by atoms with Gasteiger partial charge in [0.05, 0.1) is 28.9 Å². The number of nitrogens with zero attached hydrogens (tertiary/aromatic N) is 3. The quantitative estimate of drug-likeness (QED) is 0.282. The first-order chi connectivity index (χ1) is 12.0. The molecule has 2 rings (SSSR count). The Kier molecular flexibility index (Phi) is 7.68. The first-order valence-corrected chi connectivity index (χ1v) is 8.96. The molecule has 0 spiro atoms. The Morgan fingerprint density at radius 1 is 1.28 bits per heavy atom. The van der Waals surface area contributed by atoms with Crippen molar-refractivity contribution in [3.63, 3.8) is 0 Å². The van der Waals surface area contributed by atoms with Crippen LogP contribution in [0.4, 0.5) is 0 Å². The fourth-order valence-electron chi connectivity index (χ4n) is 2.53.